The Labute approximate surface area is 148 Å². The Bertz CT molecular complexity index is 1040. The molecule has 0 N–H and O–H groups in total. The van der Waals surface area contributed by atoms with Crippen LogP contribution in [0.4, 0.5) is 0 Å². The van der Waals surface area contributed by atoms with E-state index in [1.54, 1.807) is 12.1 Å². The van der Waals surface area contributed by atoms with Gasteiger partial charge in [0, 0.05) is 6.04 Å². The average molecular weight is 352 g/mol. The number of nitriles is 1. The van der Waals surface area contributed by atoms with Crippen molar-refractivity contribution in [2.45, 2.75) is 43.3 Å². The molecule has 0 saturated heterocycles. The Balaban J connectivity index is 1.70. The van der Waals surface area contributed by atoms with Crippen LogP contribution in [0.15, 0.2) is 34.2 Å². The first kappa shape index (κ1) is 15.8. The smallest absolute Gasteiger partial charge is 0.262 e. The van der Waals surface area contributed by atoms with Gasteiger partial charge in [-0.2, -0.15) is 5.26 Å². The third kappa shape index (κ3) is 2.91. The first-order chi connectivity index (χ1) is 12.2. The fourth-order valence-electron chi connectivity index (χ4n) is 2.89. The zero-order valence-corrected chi connectivity index (χ0v) is 14.5. The molecule has 0 bridgehead atoms. The third-order valence-corrected chi connectivity index (χ3v) is 5.19. The van der Waals surface area contributed by atoms with E-state index < -0.39 is 0 Å². The van der Waals surface area contributed by atoms with Crippen LogP contribution in [0.3, 0.4) is 0 Å². The second-order valence-electron chi connectivity index (χ2n) is 6.01. The summed E-state index contributed by atoms with van der Waals surface area (Å²) in [6, 6.07) is 9.76. The molecule has 8 heteroatoms. The average Bonchev–Trinajstić information content (AvgIpc) is 3.39. The minimum absolute atomic E-state index is 0.0130. The first-order valence-electron chi connectivity index (χ1n) is 8.08. The van der Waals surface area contributed by atoms with E-state index in [4.69, 9.17) is 5.26 Å². The van der Waals surface area contributed by atoms with Crippen molar-refractivity contribution < 1.29 is 0 Å². The predicted octanol–water partition coefficient (Wildman–Crippen LogP) is 2.45. The highest BCUT2D eigenvalue weighted by Crippen LogP contribution is 2.38. The number of fused-ring (bicyclic) bond motifs is 1. The van der Waals surface area contributed by atoms with Crippen molar-refractivity contribution >= 4 is 22.7 Å². The van der Waals surface area contributed by atoms with E-state index in [0.29, 0.717) is 28.5 Å². The molecule has 3 aromatic rings. The molecule has 25 heavy (non-hydrogen) atoms. The topological polar surface area (TPSA) is 89.4 Å². The monoisotopic (exact) mass is 352 g/mol. The van der Waals surface area contributed by atoms with Gasteiger partial charge < -0.3 is 4.57 Å². The van der Waals surface area contributed by atoms with Crippen molar-refractivity contribution in [1.29, 1.82) is 5.26 Å². The molecule has 0 spiro atoms. The first-order valence-corrected chi connectivity index (χ1v) is 9.07. The van der Waals surface area contributed by atoms with Crippen molar-refractivity contribution in [1.82, 2.24) is 24.3 Å². The molecule has 0 amide bonds. The van der Waals surface area contributed by atoms with Gasteiger partial charge in [0.15, 0.2) is 5.16 Å². The summed E-state index contributed by atoms with van der Waals surface area (Å²) in [6.45, 7) is 1.94. The number of para-hydroxylation sites is 1. The van der Waals surface area contributed by atoms with Crippen LogP contribution in [0.2, 0.25) is 0 Å². The molecule has 4 rings (SSSR count). The van der Waals surface area contributed by atoms with Crippen molar-refractivity contribution in [3.63, 3.8) is 0 Å². The van der Waals surface area contributed by atoms with Gasteiger partial charge in [-0.1, -0.05) is 23.9 Å². The number of hydrogen-bond donors (Lipinski definition) is 0. The van der Waals surface area contributed by atoms with Gasteiger partial charge in [-0.25, -0.2) is 4.98 Å². The van der Waals surface area contributed by atoms with Crippen LogP contribution in [0.1, 0.15) is 30.5 Å². The number of aromatic nitrogens is 5. The zero-order valence-electron chi connectivity index (χ0n) is 13.7. The van der Waals surface area contributed by atoms with Gasteiger partial charge in [0.05, 0.1) is 22.7 Å². The summed E-state index contributed by atoms with van der Waals surface area (Å²) in [5.74, 6) is 1.95. The Morgan fingerprint density at radius 3 is 2.88 bits per heavy atom. The summed E-state index contributed by atoms with van der Waals surface area (Å²) >= 11 is 1.50. The Hall–Kier alpha value is -2.66. The maximum absolute atomic E-state index is 12.7. The van der Waals surface area contributed by atoms with E-state index in [1.807, 2.05) is 19.1 Å². The van der Waals surface area contributed by atoms with Crippen molar-refractivity contribution in [2.75, 3.05) is 0 Å². The van der Waals surface area contributed by atoms with E-state index in [-0.39, 0.29) is 12.1 Å². The number of thioether (sulfide) groups is 1. The lowest BCUT2D eigenvalue weighted by molar-refractivity contribution is 0.643. The van der Waals surface area contributed by atoms with Crippen LogP contribution in [0.5, 0.6) is 0 Å². The summed E-state index contributed by atoms with van der Waals surface area (Å²) in [7, 11) is 0. The van der Waals surface area contributed by atoms with Gasteiger partial charge in [-0.05, 0) is 31.9 Å². The van der Waals surface area contributed by atoms with Crippen LogP contribution in [0.25, 0.3) is 10.9 Å². The molecule has 7 nitrogen and oxygen atoms in total. The maximum Gasteiger partial charge on any atom is 0.262 e. The van der Waals surface area contributed by atoms with Crippen LogP contribution in [0, 0.1) is 18.3 Å². The maximum atomic E-state index is 12.7. The van der Waals surface area contributed by atoms with Crippen molar-refractivity contribution in [3.8, 4) is 6.07 Å². The lowest BCUT2D eigenvalue weighted by Crippen LogP contribution is -2.24. The van der Waals surface area contributed by atoms with Gasteiger partial charge in [-0.15, -0.1) is 10.2 Å². The lowest BCUT2D eigenvalue weighted by atomic mass is 10.2. The largest absolute Gasteiger partial charge is 0.303 e. The molecular weight excluding hydrogens is 336 g/mol. The minimum Gasteiger partial charge on any atom is -0.303 e. The zero-order chi connectivity index (χ0) is 17.4. The second-order valence-corrected chi connectivity index (χ2v) is 6.96. The van der Waals surface area contributed by atoms with Crippen LogP contribution in [-0.4, -0.2) is 24.3 Å². The highest BCUT2D eigenvalue weighted by molar-refractivity contribution is 7.98. The molecule has 0 radical (unpaired) electrons. The minimum atomic E-state index is -0.178. The Kier molecular flexibility index (Phi) is 4.01. The molecule has 1 saturated carbocycles. The molecule has 126 valence electrons. The molecule has 0 aliphatic heterocycles. The molecule has 1 aromatic carbocycles. The molecule has 1 aliphatic carbocycles. The van der Waals surface area contributed by atoms with Crippen LogP contribution < -0.4 is 5.56 Å². The molecule has 0 atom stereocenters. The fraction of sp³-hybridized carbons (Fsp3) is 0.353. The summed E-state index contributed by atoms with van der Waals surface area (Å²) in [4.78, 5) is 17.3. The number of nitrogens with zero attached hydrogens (tertiary/aromatic N) is 6. The standard InChI is InChI=1S/C17H16N6OS/c1-11-20-21-17(23(11)12-6-7-12)25-10-15-19-14-5-3-2-4-13(14)16(24)22(15)9-8-18/h2-5,12H,6-7,9-10H2,1H3. The summed E-state index contributed by atoms with van der Waals surface area (Å²) in [5.41, 5.74) is 0.472. The number of hydrogen-bond acceptors (Lipinski definition) is 6. The fourth-order valence-corrected chi connectivity index (χ4v) is 3.89. The summed E-state index contributed by atoms with van der Waals surface area (Å²) in [5, 5.41) is 18.9. The molecule has 1 fully saturated rings. The lowest BCUT2D eigenvalue weighted by Gasteiger charge is -2.11. The van der Waals surface area contributed by atoms with E-state index in [1.165, 1.54) is 16.3 Å². The quantitative estimate of drug-likeness (QED) is 0.655. The van der Waals surface area contributed by atoms with Crippen molar-refractivity contribution in [3.05, 3.63) is 46.3 Å². The van der Waals surface area contributed by atoms with Crippen LogP contribution in [-0.2, 0) is 12.3 Å². The molecule has 1 aliphatic rings. The SMILES string of the molecule is Cc1nnc(SCc2nc3ccccc3c(=O)n2CC#N)n1C1CC1. The highest BCUT2D eigenvalue weighted by Gasteiger charge is 2.28. The van der Waals surface area contributed by atoms with Gasteiger partial charge in [0.25, 0.3) is 5.56 Å². The van der Waals surface area contributed by atoms with Crippen LogP contribution >= 0.6 is 11.8 Å². The Morgan fingerprint density at radius 1 is 1.32 bits per heavy atom. The summed E-state index contributed by atoms with van der Waals surface area (Å²) in [6.07, 6.45) is 2.31. The summed E-state index contributed by atoms with van der Waals surface area (Å²) < 4.78 is 3.60. The predicted molar refractivity (Wildman–Crippen MR) is 94.2 cm³/mol. The van der Waals surface area contributed by atoms with E-state index in [9.17, 15) is 4.79 Å². The van der Waals surface area contributed by atoms with E-state index in [2.05, 4.69) is 25.8 Å². The normalized spacial score (nSPS) is 13.9. The van der Waals surface area contributed by atoms with E-state index >= 15 is 0 Å². The molecular formula is C17H16N6OS. The highest BCUT2D eigenvalue weighted by atomic mass is 32.2. The van der Waals surface area contributed by atoms with Gasteiger partial charge >= 0.3 is 0 Å². The Morgan fingerprint density at radius 2 is 2.12 bits per heavy atom. The number of benzene rings is 1. The molecule has 2 heterocycles. The number of aryl methyl sites for hydroxylation is 1. The third-order valence-electron chi connectivity index (χ3n) is 4.25. The van der Waals surface area contributed by atoms with Crippen molar-refractivity contribution in [2.24, 2.45) is 0 Å². The van der Waals surface area contributed by atoms with Gasteiger partial charge in [0.1, 0.15) is 18.2 Å². The molecule has 0 unspecified atom stereocenters. The molecule has 2 aromatic heterocycles. The second kappa shape index (κ2) is 6.33. The van der Waals surface area contributed by atoms with E-state index in [0.717, 1.165) is 23.8 Å². The number of rotatable bonds is 5. The van der Waals surface area contributed by atoms with Gasteiger partial charge in [-0.3, -0.25) is 9.36 Å². The van der Waals surface area contributed by atoms with Gasteiger partial charge in [0.2, 0.25) is 0 Å².